The summed E-state index contributed by atoms with van der Waals surface area (Å²) in [5.41, 5.74) is 2.54. The van der Waals surface area contributed by atoms with E-state index in [1.165, 1.54) is 16.5 Å². The van der Waals surface area contributed by atoms with Crippen molar-refractivity contribution in [2.75, 3.05) is 32.8 Å². The summed E-state index contributed by atoms with van der Waals surface area (Å²) in [5, 5.41) is 4.88. The molecule has 1 aliphatic rings. The van der Waals surface area contributed by atoms with Gasteiger partial charge >= 0.3 is 0 Å². The zero-order valence-corrected chi connectivity index (χ0v) is 12.1. The van der Waals surface area contributed by atoms with Crippen molar-refractivity contribution in [3.05, 3.63) is 36.0 Å². The Labute approximate surface area is 120 Å². The molecule has 3 rings (SSSR count). The fourth-order valence-corrected chi connectivity index (χ4v) is 2.73. The zero-order valence-electron chi connectivity index (χ0n) is 12.1. The van der Waals surface area contributed by atoms with Crippen molar-refractivity contribution in [1.82, 2.24) is 15.2 Å². The van der Waals surface area contributed by atoms with E-state index in [9.17, 15) is 0 Å². The standard InChI is InChI=1S/C16H23N3O/c1-13(12-19-6-8-20-9-7-19)18-11-14-2-3-15-4-5-17-16(15)10-14/h2-5,10,13,17-18H,6-9,11-12H2,1H3. The number of hydrogen-bond acceptors (Lipinski definition) is 3. The van der Waals surface area contributed by atoms with Crippen LogP contribution in [0.3, 0.4) is 0 Å². The van der Waals surface area contributed by atoms with Gasteiger partial charge in [0.2, 0.25) is 0 Å². The van der Waals surface area contributed by atoms with Gasteiger partial charge < -0.3 is 15.0 Å². The summed E-state index contributed by atoms with van der Waals surface area (Å²) in [6.07, 6.45) is 1.99. The van der Waals surface area contributed by atoms with Gasteiger partial charge in [0.25, 0.3) is 0 Å². The van der Waals surface area contributed by atoms with Gasteiger partial charge in [-0.25, -0.2) is 0 Å². The van der Waals surface area contributed by atoms with Crippen LogP contribution in [0.2, 0.25) is 0 Å². The molecule has 1 aromatic carbocycles. The van der Waals surface area contributed by atoms with Crippen LogP contribution in [0.1, 0.15) is 12.5 Å². The third kappa shape index (κ3) is 3.39. The first-order chi connectivity index (χ1) is 9.81. The van der Waals surface area contributed by atoms with E-state index in [-0.39, 0.29) is 0 Å². The predicted molar refractivity (Wildman–Crippen MR) is 81.9 cm³/mol. The van der Waals surface area contributed by atoms with Crippen molar-refractivity contribution in [1.29, 1.82) is 0 Å². The van der Waals surface area contributed by atoms with Gasteiger partial charge in [0.15, 0.2) is 0 Å². The highest BCUT2D eigenvalue weighted by Gasteiger charge is 2.13. The fourth-order valence-electron chi connectivity index (χ4n) is 2.73. The second-order valence-corrected chi connectivity index (χ2v) is 5.59. The van der Waals surface area contributed by atoms with E-state index in [1.54, 1.807) is 0 Å². The van der Waals surface area contributed by atoms with E-state index in [1.807, 2.05) is 6.20 Å². The van der Waals surface area contributed by atoms with E-state index in [2.05, 4.69) is 46.4 Å². The monoisotopic (exact) mass is 273 g/mol. The summed E-state index contributed by atoms with van der Waals surface area (Å²) in [5.74, 6) is 0. The lowest BCUT2D eigenvalue weighted by atomic mass is 10.1. The van der Waals surface area contributed by atoms with Crippen LogP contribution in [-0.4, -0.2) is 48.8 Å². The first-order valence-electron chi connectivity index (χ1n) is 7.41. The number of hydrogen-bond donors (Lipinski definition) is 2. The highest BCUT2D eigenvalue weighted by Crippen LogP contribution is 2.14. The van der Waals surface area contributed by atoms with Crippen molar-refractivity contribution < 1.29 is 4.74 Å². The van der Waals surface area contributed by atoms with Gasteiger partial charge in [-0.2, -0.15) is 0 Å². The highest BCUT2D eigenvalue weighted by molar-refractivity contribution is 5.79. The minimum Gasteiger partial charge on any atom is -0.379 e. The molecule has 1 atom stereocenters. The lowest BCUT2D eigenvalue weighted by Gasteiger charge is -2.29. The smallest absolute Gasteiger partial charge is 0.0594 e. The average molecular weight is 273 g/mol. The number of morpholine rings is 1. The Morgan fingerprint density at radius 2 is 2.15 bits per heavy atom. The second kappa shape index (κ2) is 6.39. The van der Waals surface area contributed by atoms with Crippen LogP contribution in [0.5, 0.6) is 0 Å². The van der Waals surface area contributed by atoms with E-state index >= 15 is 0 Å². The van der Waals surface area contributed by atoms with E-state index < -0.39 is 0 Å². The van der Waals surface area contributed by atoms with Gasteiger partial charge in [-0.3, -0.25) is 4.90 Å². The fraction of sp³-hybridized carbons (Fsp3) is 0.500. The molecule has 1 aliphatic heterocycles. The lowest BCUT2D eigenvalue weighted by molar-refractivity contribution is 0.0343. The summed E-state index contributed by atoms with van der Waals surface area (Å²) >= 11 is 0. The summed E-state index contributed by atoms with van der Waals surface area (Å²) in [6.45, 7) is 8.12. The highest BCUT2D eigenvalue weighted by atomic mass is 16.5. The Morgan fingerprint density at radius 1 is 1.30 bits per heavy atom. The van der Waals surface area contributed by atoms with Crippen LogP contribution in [0.25, 0.3) is 10.9 Å². The van der Waals surface area contributed by atoms with Crippen molar-refractivity contribution in [2.45, 2.75) is 19.5 Å². The van der Waals surface area contributed by atoms with Gasteiger partial charge in [-0.15, -0.1) is 0 Å². The molecule has 20 heavy (non-hydrogen) atoms. The molecule has 0 radical (unpaired) electrons. The van der Waals surface area contributed by atoms with Gasteiger partial charge in [0, 0.05) is 43.9 Å². The third-order valence-electron chi connectivity index (χ3n) is 3.91. The Hall–Kier alpha value is -1.36. The molecule has 2 heterocycles. The van der Waals surface area contributed by atoms with E-state index in [4.69, 9.17) is 4.74 Å². The maximum atomic E-state index is 5.38. The molecule has 2 aromatic rings. The number of benzene rings is 1. The Balaban J connectivity index is 1.50. The lowest BCUT2D eigenvalue weighted by Crippen LogP contribution is -2.44. The summed E-state index contributed by atoms with van der Waals surface area (Å²) in [4.78, 5) is 5.73. The number of ether oxygens (including phenoxy) is 1. The SMILES string of the molecule is CC(CN1CCOCC1)NCc1ccc2cc[nH]c2c1. The van der Waals surface area contributed by atoms with Gasteiger partial charge in [0.05, 0.1) is 13.2 Å². The van der Waals surface area contributed by atoms with Crippen LogP contribution >= 0.6 is 0 Å². The average Bonchev–Trinajstić information content (AvgIpc) is 2.93. The molecule has 0 amide bonds. The number of aromatic nitrogens is 1. The predicted octanol–water partition coefficient (Wildman–Crippen LogP) is 1.98. The Kier molecular flexibility index (Phi) is 4.35. The number of nitrogens with one attached hydrogen (secondary N) is 2. The number of fused-ring (bicyclic) bond motifs is 1. The maximum Gasteiger partial charge on any atom is 0.0594 e. The molecule has 0 aliphatic carbocycles. The van der Waals surface area contributed by atoms with Gasteiger partial charge in [-0.05, 0) is 30.0 Å². The molecule has 1 aromatic heterocycles. The number of H-pyrrole nitrogens is 1. The normalized spacial score (nSPS) is 18.4. The number of rotatable bonds is 5. The van der Waals surface area contributed by atoms with Gasteiger partial charge in [0.1, 0.15) is 0 Å². The topological polar surface area (TPSA) is 40.3 Å². The molecule has 0 spiro atoms. The van der Waals surface area contributed by atoms with Crippen molar-refractivity contribution in [2.24, 2.45) is 0 Å². The number of nitrogens with zero attached hydrogens (tertiary/aromatic N) is 1. The van der Waals surface area contributed by atoms with E-state index in [0.717, 1.165) is 39.4 Å². The second-order valence-electron chi connectivity index (χ2n) is 5.59. The summed E-state index contributed by atoms with van der Waals surface area (Å²) in [6, 6.07) is 9.20. The molecule has 0 saturated carbocycles. The largest absolute Gasteiger partial charge is 0.379 e. The molecule has 108 valence electrons. The summed E-state index contributed by atoms with van der Waals surface area (Å²) < 4.78 is 5.38. The number of aromatic amines is 1. The molecule has 4 nitrogen and oxygen atoms in total. The minimum atomic E-state index is 0.493. The van der Waals surface area contributed by atoms with Gasteiger partial charge in [-0.1, -0.05) is 12.1 Å². The van der Waals surface area contributed by atoms with Crippen LogP contribution in [0.4, 0.5) is 0 Å². The molecular formula is C16H23N3O. The Morgan fingerprint density at radius 3 is 3.00 bits per heavy atom. The first kappa shape index (κ1) is 13.6. The molecular weight excluding hydrogens is 250 g/mol. The van der Waals surface area contributed by atoms with Crippen molar-refractivity contribution in [3.8, 4) is 0 Å². The van der Waals surface area contributed by atoms with Crippen LogP contribution in [0.15, 0.2) is 30.5 Å². The first-order valence-corrected chi connectivity index (χ1v) is 7.41. The van der Waals surface area contributed by atoms with Crippen LogP contribution in [0, 0.1) is 0 Å². The molecule has 4 heteroatoms. The molecule has 1 fully saturated rings. The molecule has 1 unspecified atom stereocenters. The molecule has 2 N–H and O–H groups in total. The van der Waals surface area contributed by atoms with Crippen LogP contribution < -0.4 is 5.32 Å². The molecule has 0 bridgehead atoms. The van der Waals surface area contributed by atoms with Crippen molar-refractivity contribution >= 4 is 10.9 Å². The Bertz CT molecular complexity index is 545. The minimum absolute atomic E-state index is 0.493. The molecule has 1 saturated heterocycles. The van der Waals surface area contributed by atoms with Crippen LogP contribution in [-0.2, 0) is 11.3 Å². The zero-order chi connectivity index (χ0) is 13.8. The van der Waals surface area contributed by atoms with E-state index in [0.29, 0.717) is 6.04 Å². The third-order valence-corrected chi connectivity index (χ3v) is 3.91. The van der Waals surface area contributed by atoms with Crippen molar-refractivity contribution in [3.63, 3.8) is 0 Å². The maximum absolute atomic E-state index is 5.38. The quantitative estimate of drug-likeness (QED) is 0.875. The summed E-state index contributed by atoms with van der Waals surface area (Å²) in [7, 11) is 0.